The highest BCUT2D eigenvalue weighted by Crippen LogP contribution is 2.47. The standard InChI is InChI=1S/C22H46NO2P/c1-5-9-11-13-15-17-19-26(25,20-18-16-14-12-10-6-2)21-22(24)23(7-3)8-4/h5-21H2,1-4H3. The molecule has 1 amide bonds. The first-order chi connectivity index (χ1) is 12.5. The maximum atomic E-state index is 13.5. The van der Waals surface area contributed by atoms with Crippen molar-refractivity contribution in [2.24, 2.45) is 0 Å². The zero-order valence-corrected chi connectivity index (χ0v) is 19.1. The van der Waals surface area contributed by atoms with E-state index in [0.29, 0.717) is 6.16 Å². The van der Waals surface area contributed by atoms with Crippen LogP contribution in [0.15, 0.2) is 0 Å². The lowest BCUT2D eigenvalue weighted by molar-refractivity contribution is -0.128. The van der Waals surface area contributed by atoms with Gasteiger partial charge in [-0.3, -0.25) is 4.79 Å². The van der Waals surface area contributed by atoms with E-state index in [1.807, 2.05) is 18.7 Å². The van der Waals surface area contributed by atoms with Crippen LogP contribution in [0.25, 0.3) is 0 Å². The molecule has 0 aromatic carbocycles. The van der Waals surface area contributed by atoms with Crippen molar-refractivity contribution in [1.29, 1.82) is 0 Å². The van der Waals surface area contributed by atoms with Gasteiger partial charge in [-0.15, -0.1) is 0 Å². The highest BCUT2D eigenvalue weighted by molar-refractivity contribution is 7.64. The monoisotopic (exact) mass is 387 g/mol. The molecule has 0 aromatic heterocycles. The van der Waals surface area contributed by atoms with Crippen LogP contribution >= 0.6 is 7.14 Å². The Balaban J connectivity index is 4.45. The van der Waals surface area contributed by atoms with Crippen molar-refractivity contribution in [2.75, 3.05) is 31.6 Å². The van der Waals surface area contributed by atoms with Gasteiger partial charge in [-0.1, -0.05) is 78.1 Å². The molecule has 0 aliphatic heterocycles. The van der Waals surface area contributed by atoms with Crippen molar-refractivity contribution in [3.8, 4) is 0 Å². The van der Waals surface area contributed by atoms with Crippen molar-refractivity contribution in [1.82, 2.24) is 4.90 Å². The second-order valence-corrected chi connectivity index (χ2v) is 11.1. The Bertz CT molecular complexity index is 360. The average molecular weight is 388 g/mol. The highest BCUT2D eigenvalue weighted by Gasteiger charge is 2.26. The molecule has 0 aromatic rings. The molecule has 26 heavy (non-hydrogen) atoms. The number of carbonyl (C=O) groups is 1. The zero-order chi connectivity index (χ0) is 19.7. The van der Waals surface area contributed by atoms with Crippen LogP contribution in [0.2, 0.25) is 0 Å². The molecule has 0 aliphatic carbocycles. The summed E-state index contributed by atoms with van der Waals surface area (Å²) in [7, 11) is -2.36. The molecular weight excluding hydrogens is 341 g/mol. The fraction of sp³-hybridized carbons (Fsp3) is 0.955. The fourth-order valence-electron chi connectivity index (χ4n) is 3.55. The first-order valence-electron chi connectivity index (χ1n) is 11.4. The molecule has 0 fully saturated rings. The number of amides is 1. The van der Waals surface area contributed by atoms with Gasteiger partial charge in [0, 0.05) is 25.4 Å². The lowest BCUT2D eigenvalue weighted by atomic mass is 10.1. The van der Waals surface area contributed by atoms with E-state index in [-0.39, 0.29) is 5.91 Å². The third-order valence-electron chi connectivity index (χ3n) is 5.38. The van der Waals surface area contributed by atoms with Gasteiger partial charge in [-0.25, -0.2) is 0 Å². The van der Waals surface area contributed by atoms with Gasteiger partial charge < -0.3 is 9.46 Å². The van der Waals surface area contributed by atoms with E-state index in [1.165, 1.54) is 64.2 Å². The average Bonchev–Trinajstić information content (AvgIpc) is 2.62. The molecule has 0 aliphatic rings. The van der Waals surface area contributed by atoms with Gasteiger partial charge in [-0.05, 0) is 26.7 Å². The molecule has 0 unspecified atom stereocenters. The van der Waals surface area contributed by atoms with Gasteiger partial charge in [-0.2, -0.15) is 0 Å². The predicted octanol–water partition coefficient (Wildman–Crippen LogP) is 6.94. The van der Waals surface area contributed by atoms with E-state index in [0.717, 1.165) is 38.3 Å². The van der Waals surface area contributed by atoms with Gasteiger partial charge in [0.25, 0.3) is 0 Å². The molecule has 0 radical (unpaired) electrons. The summed E-state index contributed by atoms with van der Waals surface area (Å²) in [5.41, 5.74) is 0. The third kappa shape index (κ3) is 13.0. The van der Waals surface area contributed by atoms with Crippen LogP contribution < -0.4 is 0 Å². The number of nitrogens with zero attached hydrogens (tertiary/aromatic N) is 1. The van der Waals surface area contributed by atoms with Crippen LogP contribution in [0.3, 0.4) is 0 Å². The lowest BCUT2D eigenvalue weighted by Crippen LogP contribution is -2.33. The van der Waals surface area contributed by atoms with Crippen molar-refractivity contribution >= 4 is 13.0 Å². The molecule has 4 heteroatoms. The van der Waals surface area contributed by atoms with Gasteiger partial charge >= 0.3 is 0 Å². The minimum absolute atomic E-state index is 0.107. The highest BCUT2D eigenvalue weighted by atomic mass is 31.2. The number of hydrogen-bond donors (Lipinski definition) is 0. The normalized spacial score (nSPS) is 11.7. The second kappa shape index (κ2) is 16.8. The number of unbranched alkanes of at least 4 members (excludes halogenated alkanes) is 10. The summed E-state index contributed by atoms with van der Waals surface area (Å²) < 4.78 is 13.5. The topological polar surface area (TPSA) is 37.4 Å². The molecule has 0 saturated carbocycles. The third-order valence-corrected chi connectivity index (χ3v) is 8.49. The second-order valence-electron chi connectivity index (χ2n) is 7.77. The van der Waals surface area contributed by atoms with E-state index < -0.39 is 7.14 Å². The van der Waals surface area contributed by atoms with Crippen LogP contribution in [-0.4, -0.2) is 42.4 Å². The first kappa shape index (κ1) is 25.7. The molecule has 0 bridgehead atoms. The largest absolute Gasteiger partial charge is 0.343 e. The fourth-order valence-corrected chi connectivity index (χ4v) is 6.39. The summed E-state index contributed by atoms with van der Waals surface area (Å²) >= 11 is 0. The van der Waals surface area contributed by atoms with Gasteiger partial charge in [0.1, 0.15) is 0 Å². The summed E-state index contributed by atoms with van der Waals surface area (Å²) in [6, 6.07) is 0. The van der Waals surface area contributed by atoms with Crippen LogP contribution in [0.4, 0.5) is 0 Å². The van der Waals surface area contributed by atoms with Crippen LogP contribution in [0.5, 0.6) is 0 Å². The number of hydrogen-bond acceptors (Lipinski definition) is 2. The minimum Gasteiger partial charge on any atom is -0.343 e. The van der Waals surface area contributed by atoms with E-state index in [9.17, 15) is 9.36 Å². The van der Waals surface area contributed by atoms with E-state index in [2.05, 4.69) is 13.8 Å². The van der Waals surface area contributed by atoms with Crippen molar-refractivity contribution in [3.05, 3.63) is 0 Å². The molecule has 0 atom stereocenters. The number of carbonyl (C=O) groups excluding carboxylic acids is 1. The molecule has 156 valence electrons. The molecule has 3 nitrogen and oxygen atoms in total. The maximum Gasteiger partial charge on any atom is 0.229 e. The van der Waals surface area contributed by atoms with Gasteiger partial charge in [0.2, 0.25) is 5.91 Å². The molecular formula is C22H46NO2P. The quantitative estimate of drug-likeness (QED) is 0.189. The Morgan fingerprint density at radius 1 is 0.654 bits per heavy atom. The first-order valence-corrected chi connectivity index (χ1v) is 13.6. The van der Waals surface area contributed by atoms with Crippen LogP contribution in [-0.2, 0) is 9.36 Å². The summed E-state index contributed by atoms with van der Waals surface area (Å²) in [6.45, 7) is 9.93. The summed E-state index contributed by atoms with van der Waals surface area (Å²) in [6.07, 6.45) is 16.4. The van der Waals surface area contributed by atoms with E-state index in [4.69, 9.17) is 0 Å². The SMILES string of the molecule is CCCCCCCCP(=O)(CCCCCCCC)CC(=O)N(CC)CC. The Morgan fingerprint density at radius 3 is 1.42 bits per heavy atom. The van der Waals surface area contributed by atoms with E-state index >= 15 is 0 Å². The summed E-state index contributed by atoms with van der Waals surface area (Å²) in [5, 5.41) is 0. The smallest absolute Gasteiger partial charge is 0.229 e. The minimum atomic E-state index is -2.36. The molecule has 0 rings (SSSR count). The Labute approximate surface area is 164 Å². The molecule has 0 N–H and O–H groups in total. The van der Waals surface area contributed by atoms with Crippen LogP contribution in [0, 0.1) is 0 Å². The summed E-state index contributed by atoms with van der Waals surface area (Å²) in [4.78, 5) is 14.4. The Hall–Kier alpha value is -0.300. The lowest BCUT2D eigenvalue weighted by Gasteiger charge is -2.23. The summed E-state index contributed by atoms with van der Waals surface area (Å²) in [5.74, 6) is 0.107. The van der Waals surface area contributed by atoms with E-state index in [1.54, 1.807) is 0 Å². The van der Waals surface area contributed by atoms with Crippen molar-refractivity contribution in [2.45, 2.75) is 105 Å². The maximum absolute atomic E-state index is 13.5. The van der Waals surface area contributed by atoms with Gasteiger partial charge in [0.05, 0.1) is 13.3 Å². The van der Waals surface area contributed by atoms with Gasteiger partial charge in [0.15, 0.2) is 0 Å². The molecule has 0 saturated heterocycles. The Kier molecular flexibility index (Phi) is 16.6. The van der Waals surface area contributed by atoms with Crippen LogP contribution in [0.1, 0.15) is 105 Å². The Morgan fingerprint density at radius 2 is 1.04 bits per heavy atom. The molecule has 0 heterocycles. The molecule has 0 spiro atoms. The number of rotatable bonds is 18. The van der Waals surface area contributed by atoms with Crippen molar-refractivity contribution in [3.63, 3.8) is 0 Å². The predicted molar refractivity (Wildman–Crippen MR) is 117 cm³/mol. The zero-order valence-electron chi connectivity index (χ0n) is 18.2. The van der Waals surface area contributed by atoms with Crippen molar-refractivity contribution < 1.29 is 9.36 Å².